The number of benzene rings is 2. The van der Waals surface area contributed by atoms with Crippen molar-refractivity contribution in [2.75, 3.05) is 0 Å². The van der Waals surface area contributed by atoms with Gasteiger partial charge < -0.3 is 0 Å². The Bertz CT molecular complexity index is 620. The first kappa shape index (κ1) is 11.1. The Labute approximate surface area is 107 Å². The van der Waals surface area contributed by atoms with Crippen LogP contribution in [0.2, 0.25) is 0 Å². The van der Waals surface area contributed by atoms with Gasteiger partial charge in [-0.2, -0.15) is 9.19 Å². The van der Waals surface area contributed by atoms with E-state index in [1.165, 1.54) is 5.56 Å². The third-order valence-corrected chi connectivity index (χ3v) is 3.46. The smallest absolute Gasteiger partial charge is 0.160 e. The van der Waals surface area contributed by atoms with E-state index in [1.54, 1.807) is 0 Å². The van der Waals surface area contributed by atoms with Crippen molar-refractivity contribution in [2.45, 2.75) is 6.42 Å². The van der Waals surface area contributed by atoms with E-state index in [9.17, 15) is 0 Å². The molecule has 0 saturated heterocycles. The molecule has 4 heteroatoms. The zero-order valence-electron chi connectivity index (χ0n) is 9.77. The van der Waals surface area contributed by atoms with Gasteiger partial charge in [0.25, 0.3) is 0 Å². The quantitative estimate of drug-likeness (QED) is 0.715. The second kappa shape index (κ2) is 5.11. The van der Waals surface area contributed by atoms with Gasteiger partial charge in [-0.1, -0.05) is 48.5 Å². The molecule has 1 heterocycles. The van der Waals surface area contributed by atoms with Gasteiger partial charge in [0.05, 0.1) is 5.69 Å². The van der Waals surface area contributed by atoms with Crippen molar-refractivity contribution in [2.24, 2.45) is 0 Å². The van der Waals surface area contributed by atoms with Gasteiger partial charge in [-0.15, -0.1) is 5.10 Å². The van der Waals surface area contributed by atoms with Crippen LogP contribution >= 0.6 is 8.51 Å². The topological polar surface area (TPSA) is 30.7 Å². The van der Waals surface area contributed by atoms with Crippen LogP contribution in [-0.4, -0.2) is 14.3 Å². The first-order chi connectivity index (χ1) is 8.92. The van der Waals surface area contributed by atoms with E-state index in [0.717, 1.165) is 26.4 Å². The summed E-state index contributed by atoms with van der Waals surface area (Å²) >= 11 is 0. The lowest BCUT2D eigenvalue weighted by Gasteiger charge is -1.98. The summed E-state index contributed by atoms with van der Waals surface area (Å²) in [6, 6.07) is 20.4. The Balaban J connectivity index is 1.82. The summed E-state index contributed by atoms with van der Waals surface area (Å²) in [5.74, 6) is 0.881. The highest BCUT2D eigenvalue weighted by Crippen LogP contribution is 2.14. The van der Waals surface area contributed by atoms with Crippen LogP contribution in [0.5, 0.6) is 0 Å². The van der Waals surface area contributed by atoms with E-state index in [2.05, 4.69) is 22.0 Å². The molecule has 3 nitrogen and oxygen atoms in total. The van der Waals surface area contributed by atoms with Crippen LogP contribution in [0.1, 0.15) is 11.4 Å². The maximum absolute atomic E-state index is 4.52. The van der Waals surface area contributed by atoms with E-state index < -0.39 is 0 Å². The Morgan fingerprint density at radius 3 is 2.28 bits per heavy atom. The van der Waals surface area contributed by atoms with Crippen LogP contribution < -0.4 is 0 Å². The fraction of sp³-hybridized carbons (Fsp3) is 0.0714. The Hall–Kier alpha value is -1.99. The van der Waals surface area contributed by atoms with Crippen molar-refractivity contribution in [3.05, 3.63) is 72.1 Å². The van der Waals surface area contributed by atoms with E-state index in [1.807, 2.05) is 53.0 Å². The van der Waals surface area contributed by atoms with Crippen LogP contribution in [0.25, 0.3) is 5.69 Å². The summed E-state index contributed by atoms with van der Waals surface area (Å²) in [4.78, 5) is 0. The van der Waals surface area contributed by atoms with Gasteiger partial charge in [-0.25, -0.2) is 0 Å². The van der Waals surface area contributed by atoms with Gasteiger partial charge >= 0.3 is 0 Å². The van der Waals surface area contributed by atoms with Crippen molar-refractivity contribution in [3.63, 3.8) is 0 Å². The van der Waals surface area contributed by atoms with Crippen molar-refractivity contribution >= 4 is 8.51 Å². The summed E-state index contributed by atoms with van der Waals surface area (Å²) in [7, 11) is 0.871. The number of rotatable bonds is 3. The van der Waals surface area contributed by atoms with Crippen molar-refractivity contribution in [1.82, 2.24) is 14.3 Å². The molecule has 0 radical (unpaired) electrons. The fourth-order valence-corrected chi connectivity index (χ4v) is 2.44. The maximum Gasteiger partial charge on any atom is 0.160 e. The molecule has 2 aromatic carbocycles. The monoisotopic (exact) mass is 253 g/mol. The predicted molar refractivity (Wildman–Crippen MR) is 73.1 cm³/mol. The molecular weight excluding hydrogens is 241 g/mol. The highest BCUT2D eigenvalue weighted by Gasteiger charge is 2.04. The lowest BCUT2D eigenvalue weighted by atomic mass is 10.1. The predicted octanol–water partition coefficient (Wildman–Crippen LogP) is 3.44. The molecule has 1 aromatic heterocycles. The van der Waals surface area contributed by atoms with Crippen molar-refractivity contribution in [3.8, 4) is 5.69 Å². The van der Waals surface area contributed by atoms with Crippen LogP contribution in [0.15, 0.2) is 60.7 Å². The lowest BCUT2D eigenvalue weighted by molar-refractivity contribution is 0.883. The third kappa shape index (κ3) is 2.47. The van der Waals surface area contributed by atoms with Gasteiger partial charge in [0.2, 0.25) is 0 Å². The summed E-state index contributed by atoms with van der Waals surface area (Å²) in [6.07, 6.45) is 0.789. The maximum atomic E-state index is 4.52. The molecule has 0 bridgehead atoms. The van der Waals surface area contributed by atoms with Crippen LogP contribution in [0.4, 0.5) is 0 Å². The highest BCUT2D eigenvalue weighted by molar-refractivity contribution is 7.21. The molecule has 0 N–H and O–H groups in total. The zero-order chi connectivity index (χ0) is 12.2. The van der Waals surface area contributed by atoms with Gasteiger partial charge in [0, 0.05) is 6.42 Å². The van der Waals surface area contributed by atoms with E-state index in [4.69, 9.17) is 0 Å². The molecule has 0 saturated carbocycles. The van der Waals surface area contributed by atoms with Gasteiger partial charge in [-0.3, -0.25) is 0 Å². The third-order valence-electron chi connectivity index (χ3n) is 2.65. The van der Waals surface area contributed by atoms with E-state index in [0.29, 0.717) is 0 Å². The minimum atomic E-state index is 0.789. The zero-order valence-corrected chi connectivity index (χ0v) is 10.7. The fourth-order valence-electron chi connectivity index (χ4n) is 1.76. The highest BCUT2D eigenvalue weighted by atomic mass is 31.1. The van der Waals surface area contributed by atoms with Gasteiger partial charge in [0.1, 0.15) is 0 Å². The number of hydrogen-bond acceptors (Lipinski definition) is 2. The molecule has 0 aliphatic rings. The Morgan fingerprint density at radius 1 is 0.889 bits per heavy atom. The Kier molecular flexibility index (Phi) is 3.16. The molecule has 3 aromatic rings. The minimum Gasteiger partial charge on any atom is -0.196 e. The normalized spacial score (nSPS) is 10.9. The summed E-state index contributed by atoms with van der Waals surface area (Å²) in [5.41, 5.74) is 2.32. The SMILES string of the molecule is c1ccc(Cc2npn(-c3ccccc3)n2)cc1. The van der Waals surface area contributed by atoms with Crippen LogP contribution in [0, 0.1) is 0 Å². The number of para-hydroxylation sites is 1. The van der Waals surface area contributed by atoms with Gasteiger partial charge in [0.15, 0.2) is 14.3 Å². The van der Waals surface area contributed by atoms with Crippen molar-refractivity contribution < 1.29 is 0 Å². The molecule has 0 fully saturated rings. The summed E-state index contributed by atoms with van der Waals surface area (Å²) in [5, 5.41) is 4.52. The molecular formula is C14H12N3P. The van der Waals surface area contributed by atoms with E-state index in [-0.39, 0.29) is 0 Å². The number of hydrogen-bond donors (Lipinski definition) is 0. The second-order valence-electron chi connectivity index (χ2n) is 3.99. The minimum absolute atomic E-state index is 0.789. The van der Waals surface area contributed by atoms with Crippen molar-refractivity contribution in [1.29, 1.82) is 0 Å². The average Bonchev–Trinajstić information content (AvgIpc) is 2.89. The largest absolute Gasteiger partial charge is 0.196 e. The molecule has 3 rings (SSSR count). The first-order valence-corrected chi connectivity index (χ1v) is 6.60. The first-order valence-electron chi connectivity index (χ1n) is 5.80. The molecule has 88 valence electrons. The van der Waals surface area contributed by atoms with Crippen LogP contribution in [0.3, 0.4) is 0 Å². The van der Waals surface area contributed by atoms with Gasteiger partial charge in [-0.05, 0) is 17.7 Å². The molecule has 0 spiro atoms. The summed E-state index contributed by atoms with van der Waals surface area (Å²) < 4.78 is 6.34. The molecule has 0 unspecified atom stereocenters. The number of aromatic nitrogens is 3. The standard InChI is InChI=1S/C14H12N3P/c1-3-7-12(8-4-1)11-14-15-17(18-16-14)13-9-5-2-6-10-13/h1-10H,11H2. The molecule has 18 heavy (non-hydrogen) atoms. The summed E-state index contributed by atoms with van der Waals surface area (Å²) in [6.45, 7) is 0. The molecule has 0 aliphatic heterocycles. The lowest BCUT2D eigenvalue weighted by Crippen LogP contribution is -1.95. The van der Waals surface area contributed by atoms with E-state index >= 15 is 0 Å². The van der Waals surface area contributed by atoms with Crippen LogP contribution in [-0.2, 0) is 6.42 Å². The average molecular weight is 253 g/mol. The molecule has 0 aliphatic carbocycles. The second-order valence-corrected chi connectivity index (χ2v) is 4.75. The molecule has 0 amide bonds. The number of nitrogens with zero attached hydrogens (tertiary/aromatic N) is 3. The molecule has 0 atom stereocenters. The Morgan fingerprint density at radius 2 is 1.56 bits per heavy atom.